The molecule has 0 spiro atoms. The molecule has 14 heavy (non-hydrogen) atoms. The Morgan fingerprint density at radius 1 is 1.29 bits per heavy atom. The van der Waals surface area contributed by atoms with Gasteiger partial charge >= 0.3 is 0 Å². The van der Waals surface area contributed by atoms with Crippen LogP contribution >= 0.6 is 0 Å². The lowest BCUT2D eigenvalue weighted by molar-refractivity contribution is 0.199. The second kappa shape index (κ2) is 5.72. The standard InChI is InChI=1S/C12H25NO/c1-9(8-14)7-13-12-5-4-10(2)11(3)6-12/h9-14H,4-8H2,1-3H3. The maximum atomic E-state index is 8.92. The first-order chi connectivity index (χ1) is 6.63. The van der Waals surface area contributed by atoms with Gasteiger partial charge in [-0.1, -0.05) is 20.8 Å². The maximum absolute atomic E-state index is 8.92. The van der Waals surface area contributed by atoms with Crippen LogP contribution in [-0.2, 0) is 0 Å². The molecule has 0 aromatic carbocycles. The molecule has 4 unspecified atom stereocenters. The molecular formula is C12H25NO. The van der Waals surface area contributed by atoms with Gasteiger partial charge in [0.1, 0.15) is 0 Å². The molecule has 1 aliphatic rings. The van der Waals surface area contributed by atoms with Crippen molar-refractivity contribution in [2.75, 3.05) is 13.2 Å². The smallest absolute Gasteiger partial charge is 0.0468 e. The fourth-order valence-corrected chi connectivity index (χ4v) is 2.17. The molecule has 2 N–H and O–H groups in total. The summed E-state index contributed by atoms with van der Waals surface area (Å²) in [5, 5.41) is 12.5. The van der Waals surface area contributed by atoms with Crippen molar-refractivity contribution >= 4 is 0 Å². The van der Waals surface area contributed by atoms with Crippen molar-refractivity contribution in [3.8, 4) is 0 Å². The van der Waals surface area contributed by atoms with Crippen LogP contribution in [0.3, 0.4) is 0 Å². The van der Waals surface area contributed by atoms with E-state index >= 15 is 0 Å². The van der Waals surface area contributed by atoms with Crippen LogP contribution in [0.4, 0.5) is 0 Å². The van der Waals surface area contributed by atoms with Gasteiger partial charge in [-0.3, -0.25) is 0 Å². The molecule has 0 saturated heterocycles. The second-order valence-corrected chi connectivity index (χ2v) is 5.16. The molecule has 1 fully saturated rings. The largest absolute Gasteiger partial charge is 0.396 e. The predicted molar refractivity (Wildman–Crippen MR) is 60.2 cm³/mol. The molecule has 0 bridgehead atoms. The van der Waals surface area contributed by atoms with Gasteiger partial charge < -0.3 is 10.4 Å². The Hall–Kier alpha value is -0.0800. The minimum absolute atomic E-state index is 0.297. The molecule has 0 heterocycles. The van der Waals surface area contributed by atoms with E-state index in [2.05, 4.69) is 26.1 Å². The quantitative estimate of drug-likeness (QED) is 0.726. The van der Waals surface area contributed by atoms with E-state index in [0.717, 1.165) is 18.4 Å². The van der Waals surface area contributed by atoms with Gasteiger partial charge in [-0.2, -0.15) is 0 Å². The van der Waals surface area contributed by atoms with Crippen LogP contribution in [0, 0.1) is 17.8 Å². The lowest BCUT2D eigenvalue weighted by Gasteiger charge is -2.33. The van der Waals surface area contributed by atoms with Gasteiger partial charge in [0, 0.05) is 19.2 Å². The Balaban J connectivity index is 2.20. The molecule has 2 heteroatoms. The van der Waals surface area contributed by atoms with Crippen LogP contribution in [0.2, 0.25) is 0 Å². The van der Waals surface area contributed by atoms with Crippen molar-refractivity contribution < 1.29 is 5.11 Å². The Bertz CT molecular complexity index is 160. The van der Waals surface area contributed by atoms with Crippen molar-refractivity contribution in [2.45, 2.75) is 46.1 Å². The summed E-state index contributed by atoms with van der Waals surface area (Å²) in [6.45, 7) is 8.06. The zero-order valence-corrected chi connectivity index (χ0v) is 9.79. The summed E-state index contributed by atoms with van der Waals surface area (Å²) in [4.78, 5) is 0. The molecule has 0 aromatic rings. The molecule has 0 aliphatic heterocycles. The van der Waals surface area contributed by atoms with Crippen molar-refractivity contribution in [1.82, 2.24) is 5.32 Å². The first kappa shape index (κ1) is 12.0. The molecule has 84 valence electrons. The lowest BCUT2D eigenvalue weighted by Crippen LogP contribution is -2.38. The third-order valence-electron chi connectivity index (χ3n) is 3.66. The van der Waals surface area contributed by atoms with Crippen molar-refractivity contribution in [2.24, 2.45) is 17.8 Å². The lowest BCUT2D eigenvalue weighted by atomic mass is 9.79. The molecule has 2 nitrogen and oxygen atoms in total. The van der Waals surface area contributed by atoms with Crippen LogP contribution < -0.4 is 5.32 Å². The monoisotopic (exact) mass is 199 g/mol. The van der Waals surface area contributed by atoms with Crippen LogP contribution in [0.25, 0.3) is 0 Å². The molecule has 0 radical (unpaired) electrons. The van der Waals surface area contributed by atoms with Gasteiger partial charge in [0.2, 0.25) is 0 Å². The van der Waals surface area contributed by atoms with Crippen LogP contribution in [-0.4, -0.2) is 24.3 Å². The van der Waals surface area contributed by atoms with Crippen molar-refractivity contribution in [3.05, 3.63) is 0 Å². The Labute approximate surface area is 88.1 Å². The van der Waals surface area contributed by atoms with E-state index < -0.39 is 0 Å². The van der Waals surface area contributed by atoms with E-state index in [-0.39, 0.29) is 0 Å². The van der Waals surface area contributed by atoms with Gasteiger partial charge in [-0.05, 0) is 37.0 Å². The number of aliphatic hydroxyl groups is 1. The molecule has 4 atom stereocenters. The Kier molecular flexibility index (Phi) is 4.90. The van der Waals surface area contributed by atoms with E-state index in [0.29, 0.717) is 18.6 Å². The highest BCUT2D eigenvalue weighted by atomic mass is 16.3. The average molecular weight is 199 g/mol. The van der Waals surface area contributed by atoms with Crippen molar-refractivity contribution in [3.63, 3.8) is 0 Å². The summed E-state index contributed by atoms with van der Waals surface area (Å²) in [7, 11) is 0. The topological polar surface area (TPSA) is 32.3 Å². The minimum atomic E-state index is 0.297. The van der Waals surface area contributed by atoms with Crippen molar-refractivity contribution in [1.29, 1.82) is 0 Å². The van der Waals surface area contributed by atoms with E-state index in [9.17, 15) is 0 Å². The maximum Gasteiger partial charge on any atom is 0.0468 e. The number of hydrogen-bond donors (Lipinski definition) is 2. The molecule has 0 aromatic heterocycles. The third kappa shape index (κ3) is 3.58. The molecule has 1 saturated carbocycles. The molecular weight excluding hydrogens is 174 g/mol. The van der Waals surface area contributed by atoms with Gasteiger partial charge in [-0.25, -0.2) is 0 Å². The van der Waals surface area contributed by atoms with Crippen LogP contribution in [0.5, 0.6) is 0 Å². The van der Waals surface area contributed by atoms with E-state index in [1.807, 2.05) is 0 Å². The number of hydrogen-bond acceptors (Lipinski definition) is 2. The Morgan fingerprint density at radius 2 is 2.00 bits per heavy atom. The van der Waals surface area contributed by atoms with Crippen LogP contribution in [0.1, 0.15) is 40.0 Å². The second-order valence-electron chi connectivity index (χ2n) is 5.16. The number of nitrogens with one attached hydrogen (secondary N) is 1. The zero-order valence-electron chi connectivity index (χ0n) is 9.79. The number of aliphatic hydroxyl groups excluding tert-OH is 1. The summed E-state index contributed by atoms with van der Waals surface area (Å²) >= 11 is 0. The molecule has 1 rings (SSSR count). The number of rotatable bonds is 4. The van der Waals surface area contributed by atoms with Crippen LogP contribution in [0.15, 0.2) is 0 Å². The van der Waals surface area contributed by atoms with E-state index in [1.54, 1.807) is 0 Å². The summed E-state index contributed by atoms with van der Waals surface area (Å²) in [6.07, 6.45) is 3.97. The third-order valence-corrected chi connectivity index (χ3v) is 3.66. The summed E-state index contributed by atoms with van der Waals surface area (Å²) in [5.41, 5.74) is 0. The van der Waals surface area contributed by atoms with Gasteiger partial charge in [-0.15, -0.1) is 0 Å². The minimum Gasteiger partial charge on any atom is -0.396 e. The van der Waals surface area contributed by atoms with Gasteiger partial charge in [0.05, 0.1) is 0 Å². The highest BCUT2D eigenvalue weighted by molar-refractivity contribution is 4.80. The fraction of sp³-hybridized carbons (Fsp3) is 1.00. The van der Waals surface area contributed by atoms with Gasteiger partial charge in [0.15, 0.2) is 0 Å². The summed E-state index contributed by atoms with van der Waals surface area (Å²) < 4.78 is 0. The van der Waals surface area contributed by atoms with Gasteiger partial charge in [0.25, 0.3) is 0 Å². The highest BCUT2D eigenvalue weighted by Crippen LogP contribution is 2.29. The zero-order chi connectivity index (χ0) is 10.6. The first-order valence-corrected chi connectivity index (χ1v) is 5.97. The first-order valence-electron chi connectivity index (χ1n) is 5.97. The van der Waals surface area contributed by atoms with E-state index in [4.69, 9.17) is 5.11 Å². The summed E-state index contributed by atoms with van der Waals surface area (Å²) in [6, 6.07) is 0.690. The fourth-order valence-electron chi connectivity index (χ4n) is 2.17. The molecule has 1 aliphatic carbocycles. The highest BCUT2D eigenvalue weighted by Gasteiger charge is 2.24. The average Bonchev–Trinajstić information content (AvgIpc) is 2.19. The SMILES string of the molecule is CC(CO)CNC1CCC(C)C(C)C1. The summed E-state index contributed by atoms with van der Waals surface area (Å²) in [5.74, 6) is 2.14. The van der Waals surface area contributed by atoms with E-state index in [1.165, 1.54) is 19.3 Å². The normalized spacial score (nSPS) is 35.6. The Morgan fingerprint density at radius 3 is 2.57 bits per heavy atom. The molecule has 0 amide bonds. The predicted octanol–water partition coefficient (Wildman–Crippen LogP) is 2.03.